The summed E-state index contributed by atoms with van der Waals surface area (Å²) in [5.41, 5.74) is 1.00. The van der Waals surface area contributed by atoms with Crippen LogP contribution in [0.15, 0.2) is 47.3 Å². The molecular formula is C35H53NO9. The minimum atomic E-state index is -0.974. The molecule has 4 N–H and O–H groups in total. The third-order valence-electron chi connectivity index (χ3n) is 8.81. The zero-order valence-electron chi connectivity index (χ0n) is 27.3. The van der Waals surface area contributed by atoms with Crippen LogP contribution in [-0.4, -0.2) is 82.8 Å². The van der Waals surface area contributed by atoms with Gasteiger partial charge in [0.25, 0.3) is 0 Å². The number of unbranched alkanes of at least 4 members (excludes halogenated alkanes) is 3. The maximum Gasteiger partial charge on any atom is 0.244 e. The quantitative estimate of drug-likeness (QED) is 0.280. The molecule has 0 spiro atoms. The molecule has 2 heterocycles. The van der Waals surface area contributed by atoms with Crippen molar-refractivity contribution >= 4 is 17.5 Å². The number of carbonyl (C=O) groups excluding carboxylic acids is 3. The lowest BCUT2D eigenvalue weighted by Crippen LogP contribution is -2.49. The second-order valence-electron chi connectivity index (χ2n) is 12.6. The van der Waals surface area contributed by atoms with Crippen LogP contribution < -0.4 is 5.32 Å². The zero-order chi connectivity index (χ0) is 32.9. The molecule has 10 heteroatoms. The molecule has 3 rings (SSSR count). The molecule has 0 bridgehead atoms. The van der Waals surface area contributed by atoms with E-state index in [1.165, 1.54) is 13.2 Å². The molecule has 8 atom stereocenters. The highest BCUT2D eigenvalue weighted by Crippen LogP contribution is 2.38. The van der Waals surface area contributed by atoms with Crippen molar-refractivity contribution in [3.8, 4) is 0 Å². The van der Waals surface area contributed by atoms with Crippen molar-refractivity contribution in [2.45, 2.75) is 141 Å². The summed E-state index contributed by atoms with van der Waals surface area (Å²) in [6.07, 6.45) is 10.5. The zero-order valence-corrected chi connectivity index (χ0v) is 27.3. The van der Waals surface area contributed by atoms with Gasteiger partial charge in [0.1, 0.15) is 23.8 Å². The van der Waals surface area contributed by atoms with Gasteiger partial charge in [-0.3, -0.25) is 14.4 Å². The molecule has 1 aliphatic carbocycles. The molecule has 0 aromatic carbocycles. The van der Waals surface area contributed by atoms with Gasteiger partial charge >= 0.3 is 0 Å². The third kappa shape index (κ3) is 11.6. The van der Waals surface area contributed by atoms with E-state index in [1.807, 2.05) is 19.1 Å². The molecule has 1 fully saturated rings. The lowest BCUT2D eigenvalue weighted by atomic mass is 9.92. The van der Waals surface area contributed by atoms with Crippen LogP contribution in [0.2, 0.25) is 0 Å². The Hall–Kier alpha value is -2.63. The minimum Gasteiger partial charge on any atom is -0.509 e. The van der Waals surface area contributed by atoms with Gasteiger partial charge in [0, 0.05) is 56.4 Å². The number of hydrogen-bond donors (Lipinski definition) is 4. The van der Waals surface area contributed by atoms with E-state index in [4.69, 9.17) is 14.2 Å². The number of Topliss-reactive ketones (excluding diaryl/α,β-unsaturated/α-hetero) is 2. The number of amides is 1. The fraction of sp³-hybridized carbons (Fsp3) is 0.686. The van der Waals surface area contributed by atoms with Crippen molar-refractivity contribution in [3.05, 3.63) is 47.3 Å². The summed E-state index contributed by atoms with van der Waals surface area (Å²) in [6, 6.07) is -0.247. The van der Waals surface area contributed by atoms with Gasteiger partial charge in [0.15, 0.2) is 12.1 Å². The smallest absolute Gasteiger partial charge is 0.244 e. The standard InChI is InChI=1S/C35H53NO9/c1-5-6-7-8-13-25-19-26(37)14-11-15-27(38)20-28(39)33-24(17-22(2)12-9-10-16-31(40)36-25)18-30(35(33)42)45-32-21-29(43-4)34(41)23(3)44-32/h9-10,12,16-17,23-25,27,29-30,32,34,38,41-42H,5-8,11,13-15,18-21H2,1-4H3,(H,36,40)/b12-9-,16-10-,22-17+/t23-,24-,25+,27-,29+,30+,32+,34-/m1/s1. The van der Waals surface area contributed by atoms with Crippen molar-refractivity contribution in [2.75, 3.05) is 7.11 Å². The Labute approximate surface area is 267 Å². The van der Waals surface area contributed by atoms with Crippen molar-refractivity contribution in [2.24, 2.45) is 5.92 Å². The average molecular weight is 632 g/mol. The number of nitrogens with one attached hydrogen (secondary N) is 1. The Morgan fingerprint density at radius 2 is 1.80 bits per heavy atom. The monoisotopic (exact) mass is 631 g/mol. The van der Waals surface area contributed by atoms with E-state index in [1.54, 1.807) is 19.1 Å². The predicted molar refractivity (Wildman–Crippen MR) is 170 cm³/mol. The first kappa shape index (κ1) is 36.8. The van der Waals surface area contributed by atoms with Crippen molar-refractivity contribution in [1.29, 1.82) is 0 Å². The van der Waals surface area contributed by atoms with Crippen LogP contribution in [0.3, 0.4) is 0 Å². The summed E-state index contributed by atoms with van der Waals surface area (Å²) in [5, 5.41) is 35.2. The van der Waals surface area contributed by atoms with E-state index in [-0.39, 0.29) is 73.4 Å². The topological polar surface area (TPSA) is 152 Å². The van der Waals surface area contributed by atoms with Gasteiger partial charge in [-0.15, -0.1) is 0 Å². The number of carbonyl (C=O) groups is 3. The molecule has 0 radical (unpaired) electrons. The Bertz CT molecular complexity index is 1130. The molecule has 0 aromatic heterocycles. The van der Waals surface area contributed by atoms with Crippen LogP contribution in [0.4, 0.5) is 0 Å². The molecular weight excluding hydrogens is 578 g/mol. The summed E-state index contributed by atoms with van der Waals surface area (Å²) in [5.74, 6) is -1.30. The van der Waals surface area contributed by atoms with E-state index in [2.05, 4.69) is 12.2 Å². The lowest BCUT2D eigenvalue weighted by Gasteiger charge is -2.37. The van der Waals surface area contributed by atoms with Crippen LogP contribution in [0.1, 0.15) is 97.8 Å². The summed E-state index contributed by atoms with van der Waals surface area (Å²) in [4.78, 5) is 38.9. The van der Waals surface area contributed by atoms with E-state index < -0.39 is 42.7 Å². The highest BCUT2D eigenvalue weighted by Gasteiger charge is 2.42. The second kappa shape index (κ2) is 18.5. The fourth-order valence-corrected chi connectivity index (χ4v) is 6.31. The summed E-state index contributed by atoms with van der Waals surface area (Å²) < 4.78 is 17.3. The number of aliphatic hydroxyl groups is 3. The van der Waals surface area contributed by atoms with Gasteiger partial charge in [-0.2, -0.15) is 0 Å². The Morgan fingerprint density at radius 1 is 1.04 bits per heavy atom. The molecule has 45 heavy (non-hydrogen) atoms. The summed E-state index contributed by atoms with van der Waals surface area (Å²) >= 11 is 0. The van der Waals surface area contributed by atoms with Gasteiger partial charge in [0.05, 0.1) is 18.3 Å². The molecule has 3 aliphatic rings. The summed E-state index contributed by atoms with van der Waals surface area (Å²) in [7, 11) is 1.50. The van der Waals surface area contributed by atoms with Gasteiger partial charge in [0.2, 0.25) is 5.91 Å². The van der Waals surface area contributed by atoms with Crippen LogP contribution in [0.25, 0.3) is 0 Å². The second-order valence-corrected chi connectivity index (χ2v) is 12.6. The number of ether oxygens (including phenoxy) is 3. The fourth-order valence-electron chi connectivity index (χ4n) is 6.31. The number of rotatable bonds is 8. The maximum absolute atomic E-state index is 13.5. The van der Waals surface area contributed by atoms with Crippen LogP contribution in [0, 0.1) is 5.92 Å². The Morgan fingerprint density at radius 3 is 2.53 bits per heavy atom. The highest BCUT2D eigenvalue weighted by molar-refractivity contribution is 5.97. The molecule has 1 amide bonds. The van der Waals surface area contributed by atoms with Gasteiger partial charge in [-0.05, 0) is 39.5 Å². The number of methoxy groups -OCH3 is 1. The molecule has 0 aromatic rings. The van der Waals surface area contributed by atoms with Crippen LogP contribution >= 0.6 is 0 Å². The molecule has 1 saturated heterocycles. The first-order chi connectivity index (χ1) is 21.5. The number of ketones is 2. The van der Waals surface area contributed by atoms with E-state index in [0.29, 0.717) is 6.42 Å². The summed E-state index contributed by atoms with van der Waals surface area (Å²) in [6.45, 7) is 5.72. The number of allylic oxidation sites excluding steroid dienone is 6. The largest absolute Gasteiger partial charge is 0.509 e. The van der Waals surface area contributed by atoms with Gasteiger partial charge in [-0.25, -0.2) is 0 Å². The lowest BCUT2D eigenvalue weighted by molar-refractivity contribution is -0.261. The normalized spacial score (nSPS) is 35.4. The third-order valence-corrected chi connectivity index (χ3v) is 8.81. The van der Waals surface area contributed by atoms with Crippen molar-refractivity contribution < 1.29 is 43.9 Å². The first-order valence-electron chi connectivity index (χ1n) is 16.5. The first-order valence-corrected chi connectivity index (χ1v) is 16.5. The number of aliphatic hydroxyl groups excluding tert-OH is 3. The van der Waals surface area contributed by atoms with Crippen molar-refractivity contribution in [1.82, 2.24) is 5.32 Å². The Balaban J connectivity index is 1.79. The highest BCUT2D eigenvalue weighted by atomic mass is 16.7. The van der Waals surface area contributed by atoms with Crippen molar-refractivity contribution in [3.63, 3.8) is 0 Å². The molecule has 2 aliphatic heterocycles. The van der Waals surface area contributed by atoms with Gasteiger partial charge in [-0.1, -0.05) is 62.5 Å². The van der Waals surface area contributed by atoms with E-state index in [9.17, 15) is 29.7 Å². The van der Waals surface area contributed by atoms with E-state index in [0.717, 1.165) is 37.7 Å². The minimum absolute atomic E-state index is 0.00890. The Kier molecular flexibility index (Phi) is 15.1. The number of fused-ring (bicyclic) bond motifs is 1. The average Bonchev–Trinajstić information content (AvgIpc) is 3.28. The van der Waals surface area contributed by atoms with E-state index >= 15 is 0 Å². The molecule has 252 valence electrons. The van der Waals surface area contributed by atoms with Crippen LogP contribution in [0.5, 0.6) is 0 Å². The van der Waals surface area contributed by atoms with Crippen LogP contribution in [-0.2, 0) is 28.6 Å². The molecule has 0 unspecified atom stereocenters. The number of hydrogen-bond acceptors (Lipinski definition) is 9. The maximum atomic E-state index is 13.5. The molecule has 10 nitrogen and oxygen atoms in total. The van der Waals surface area contributed by atoms with Gasteiger partial charge < -0.3 is 34.8 Å². The SMILES string of the molecule is CCCCCC[C@H]1CC(=O)CCC[C@@H](O)CC(=O)C2=C(O)[C@@H](O[C@H]3C[C@H](OC)[C@H](O)[C@@H](C)O3)C[C@H]2/C=C(C)/C=C\C=C/C(=O)N1. The molecule has 0 saturated carbocycles. The predicted octanol–water partition coefficient (Wildman–Crippen LogP) is 4.69.